The number of rotatable bonds is 9. The van der Waals surface area contributed by atoms with Crippen molar-refractivity contribution < 1.29 is 17.9 Å². The van der Waals surface area contributed by atoms with Gasteiger partial charge in [0, 0.05) is 28.7 Å². The van der Waals surface area contributed by atoms with Crippen LogP contribution in [-0.2, 0) is 27.9 Å². The maximum absolute atomic E-state index is 13.4. The molecule has 0 aliphatic heterocycles. The molecule has 0 aliphatic carbocycles. The van der Waals surface area contributed by atoms with E-state index >= 15 is 0 Å². The third-order valence-electron chi connectivity index (χ3n) is 5.01. The molecule has 0 unspecified atom stereocenters. The first kappa shape index (κ1) is 25.1. The Bertz CT molecular complexity index is 1230. The normalized spacial score (nSPS) is 11.4. The number of aryl methyl sites for hydroxylation is 1. The smallest absolute Gasteiger partial charge is 0.243 e. The quantitative estimate of drug-likeness (QED) is 0.451. The van der Waals surface area contributed by atoms with Gasteiger partial charge in [0.15, 0.2) is 0 Å². The summed E-state index contributed by atoms with van der Waals surface area (Å²) in [5.41, 5.74) is 2.24. The standard InChI is InChI=1S/C24H24Cl2N2O4S/c1-17-7-11-21(12-8-17)33(30,31)28(15-19-9-10-20(25)13-22(19)26)16-24(29)27-14-18-5-3-4-6-23(18)32-2/h3-13H,14-16H2,1-2H3,(H,27,29). The number of amides is 1. The van der Waals surface area contributed by atoms with E-state index in [1.54, 1.807) is 37.4 Å². The number of carbonyl (C=O) groups excluding carboxylic acids is 1. The largest absolute Gasteiger partial charge is 0.496 e. The number of halogens is 2. The summed E-state index contributed by atoms with van der Waals surface area (Å²) in [5, 5.41) is 3.52. The molecule has 0 radical (unpaired) electrons. The molecule has 0 heterocycles. The van der Waals surface area contributed by atoms with Crippen LogP contribution in [-0.4, -0.2) is 32.3 Å². The van der Waals surface area contributed by atoms with Gasteiger partial charge in [0.05, 0.1) is 18.6 Å². The van der Waals surface area contributed by atoms with E-state index in [4.69, 9.17) is 27.9 Å². The van der Waals surface area contributed by atoms with Gasteiger partial charge < -0.3 is 10.1 Å². The second kappa shape index (κ2) is 11.0. The fourth-order valence-electron chi connectivity index (χ4n) is 3.18. The molecule has 0 fully saturated rings. The van der Waals surface area contributed by atoms with Gasteiger partial charge in [-0.3, -0.25) is 4.79 Å². The van der Waals surface area contributed by atoms with Crippen LogP contribution in [0.2, 0.25) is 10.0 Å². The van der Waals surface area contributed by atoms with Crippen LogP contribution in [0.3, 0.4) is 0 Å². The summed E-state index contributed by atoms with van der Waals surface area (Å²) >= 11 is 12.3. The average Bonchev–Trinajstić information content (AvgIpc) is 2.79. The lowest BCUT2D eigenvalue weighted by Crippen LogP contribution is -2.40. The number of sulfonamides is 1. The minimum Gasteiger partial charge on any atom is -0.496 e. The third kappa shape index (κ3) is 6.48. The zero-order chi connectivity index (χ0) is 24.0. The molecule has 174 valence electrons. The molecule has 0 spiro atoms. The number of hydrogen-bond donors (Lipinski definition) is 1. The third-order valence-corrected chi connectivity index (χ3v) is 7.40. The fourth-order valence-corrected chi connectivity index (χ4v) is 5.03. The maximum atomic E-state index is 13.4. The van der Waals surface area contributed by atoms with E-state index in [0.29, 0.717) is 21.4 Å². The van der Waals surface area contributed by atoms with Crippen LogP contribution in [0.4, 0.5) is 0 Å². The van der Waals surface area contributed by atoms with E-state index in [9.17, 15) is 13.2 Å². The number of benzene rings is 3. The van der Waals surface area contributed by atoms with Crippen molar-refractivity contribution in [1.82, 2.24) is 9.62 Å². The number of nitrogens with zero attached hydrogens (tertiary/aromatic N) is 1. The van der Waals surface area contributed by atoms with Gasteiger partial charge in [-0.2, -0.15) is 4.31 Å². The topological polar surface area (TPSA) is 75.7 Å². The summed E-state index contributed by atoms with van der Waals surface area (Å²) in [4.78, 5) is 12.9. The molecule has 6 nitrogen and oxygen atoms in total. The van der Waals surface area contributed by atoms with Crippen LogP contribution in [0.25, 0.3) is 0 Å². The molecule has 0 atom stereocenters. The number of ether oxygens (including phenoxy) is 1. The van der Waals surface area contributed by atoms with Crippen LogP contribution in [0.15, 0.2) is 71.6 Å². The SMILES string of the molecule is COc1ccccc1CNC(=O)CN(Cc1ccc(Cl)cc1Cl)S(=O)(=O)c1ccc(C)cc1. The van der Waals surface area contributed by atoms with Gasteiger partial charge in [0.2, 0.25) is 15.9 Å². The minimum absolute atomic E-state index is 0.0890. The summed E-state index contributed by atoms with van der Waals surface area (Å²) in [7, 11) is -2.43. The highest BCUT2D eigenvalue weighted by molar-refractivity contribution is 7.89. The van der Waals surface area contributed by atoms with Gasteiger partial charge in [0.25, 0.3) is 0 Å². The molecule has 1 N–H and O–H groups in total. The summed E-state index contributed by atoms with van der Waals surface area (Å²) in [6.07, 6.45) is 0. The van der Waals surface area contributed by atoms with Crippen molar-refractivity contribution >= 4 is 39.1 Å². The van der Waals surface area contributed by atoms with Crippen LogP contribution < -0.4 is 10.1 Å². The van der Waals surface area contributed by atoms with E-state index in [-0.39, 0.29) is 24.5 Å². The summed E-state index contributed by atoms with van der Waals surface area (Å²) in [6.45, 7) is 1.59. The number of carbonyl (C=O) groups is 1. The second-order valence-electron chi connectivity index (χ2n) is 7.41. The molecule has 0 saturated carbocycles. The minimum atomic E-state index is -3.98. The Hall–Kier alpha value is -2.58. The van der Waals surface area contributed by atoms with Crippen molar-refractivity contribution in [1.29, 1.82) is 0 Å². The first-order chi connectivity index (χ1) is 15.7. The molecule has 3 rings (SSSR count). The Morgan fingerprint density at radius 3 is 2.36 bits per heavy atom. The zero-order valence-corrected chi connectivity index (χ0v) is 20.5. The average molecular weight is 507 g/mol. The monoisotopic (exact) mass is 506 g/mol. The van der Waals surface area contributed by atoms with Gasteiger partial charge in [0.1, 0.15) is 5.75 Å². The molecule has 0 saturated heterocycles. The lowest BCUT2D eigenvalue weighted by atomic mass is 10.2. The van der Waals surface area contributed by atoms with Gasteiger partial charge in [-0.1, -0.05) is 65.2 Å². The maximum Gasteiger partial charge on any atom is 0.243 e. The molecule has 0 aromatic heterocycles. The van der Waals surface area contributed by atoms with E-state index in [1.165, 1.54) is 18.2 Å². The number of nitrogens with one attached hydrogen (secondary N) is 1. The summed E-state index contributed by atoms with van der Waals surface area (Å²) < 4.78 is 33.2. The van der Waals surface area contributed by atoms with Crippen LogP contribution >= 0.6 is 23.2 Å². The Kier molecular flexibility index (Phi) is 8.37. The second-order valence-corrected chi connectivity index (χ2v) is 10.2. The van der Waals surface area contributed by atoms with Gasteiger partial charge in [-0.25, -0.2) is 8.42 Å². The predicted octanol–water partition coefficient (Wildman–Crippen LogP) is 4.82. The van der Waals surface area contributed by atoms with Crippen molar-refractivity contribution in [3.8, 4) is 5.75 Å². The first-order valence-electron chi connectivity index (χ1n) is 10.1. The Labute approximate surface area is 204 Å². The summed E-state index contributed by atoms with van der Waals surface area (Å²) in [5.74, 6) is 0.177. The lowest BCUT2D eigenvalue weighted by molar-refractivity contribution is -0.121. The van der Waals surface area contributed by atoms with E-state index in [2.05, 4.69) is 5.32 Å². The molecule has 9 heteroatoms. The molecule has 33 heavy (non-hydrogen) atoms. The molecular weight excluding hydrogens is 483 g/mol. The molecule has 0 aliphatic rings. The first-order valence-corrected chi connectivity index (χ1v) is 12.3. The summed E-state index contributed by atoms with van der Waals surface area (Å²) in [6, 6.07) is 18.6. The number of hydrogen-bond acceptors (Lipinski definition) is 4. The van der Waals surface area contributed by atoms with Crippen LogP contribution in [0.1, 0.15) is 16.7 Å². The number of methoxy groups -OCH3 is 1. The molecule has 0 bridgehead atoms. The van der Waals surface area contributed by atoms with Crippen molar-refractivity contribution in [2.45, 2.75) is 24.9 Å². The molecule has 3 aromatic rings. The van der Waals surface area contributed by atoms with E-state index in [0.717, 1.165) is 15.4 Å². The highest BCUT2D eigenvalue weighted by Crippen LogP contribution is 2.25. The lowest BCUT2D eigenvalue weighted by Gasteiger charge is -2.23. The van der Waals surface area contributed by atoms with Crippen molar-refractivity contribution in [2.24, 2.45) is 0 Å². The van der Waals surface area contributed by atoms with Gasteiger partial charge in [-0.15, -0.1) is 0 Å². The van der Waals surface area contributed by atoms with Crippen LogP contribution in [0.5, 0.6) is 5.75 Å². The molecular formula is C24H24Cl2N2O4S. The van der Waals surface area contributed by atoms with Crippen molar-refractivity contribution in [3.63, 3.8) is 0 Å². The van der Waals surface area contributed by atoms with Crippen molar-refractivity contribution in [2.75, 3.05) is 13.7 Å². The number of para-hydroxylation sites is 1. The highest BCUT2D eigenvalue weighted by atomic mass is 35.5. The van der Waals surface area contributed by atoms with Gasteiger partial charge in [-0.05, 0) is 42.8 Å². The van der Waals surface area contributed by atoms with Gasteiger partial charge >= 0.3 is 0 Å². The zero-order valence-electron chi connectivity index (χ0n) is 18.2. The Balaban J connectivity index is 1.84. The van der Waals surface area contributed by atoms with E-state index in [1.807, 2.05) is 25.1 Å². The van der Waals surface area contributed by atoms with Crippen molar-refractivity contribution in [3.05, 3.63) is 93.5 Å². The highest BCUT2D eigenvalue weighted by Gasteiger charge is 2.27. The Morgan fingerprint density at radius 2 is 1.70 bits per heavy atom. The van der Waals surface area contributed by atoms with Crippen LogP contribution in [0, 0.1) is 6.92 Å². The Morgan fingerprint density at radius 1 is 1.00 bits per heavy atom. The molecule has 1 amide bonds. The van der Waals surface area contributed by atoms with E-state index < -0.39 is 15.9 Å². The molecule has 3 aromatic carbocycles. The fraction of sp³-hybridized carbons (Fsp3) is 0.208. The predicted molar refractivity (Wildman–Crippen MR) is 130 cm³/mol.